The SMILES string of the molecule is CCCNC(COCCOC)c1cncc(OCCC)c1. The highest BCUT2D eigenvalue weighted by Gasteiger charge is 2.12. The molecule has 0 aliphatic heterocycles. The van der Waals surface area contributed by atoms with Crippen LogP contribution >= 0.6 is 0 Å². The lowest BCUT2D eigenvalue weighted by atomic mass is 10.1. The zero-order valence-electron chi connectivity index (χ0n) is 13.4. The summed E-state index contributed by atoms with van der Waals surface area (Å²) in [5, 5.41) is 3.48. The van der Waals surface area contributed by atoms with Crippen molar-refractivity contribution in [2.24, 2.45) is 0 Å². The summed E-state index contributed by atoms with van der Waals surface area (Å²) in [5.41, 5.74) is 1.09. The number of ether oxygens (including phenoxy) is 3. The molecule has 1 atom stereocenters. The number of methoxy groups -OCH3 is 1. The van der Waals surface area contributed by atoms with E-state index in [9.17, 15) is 0 Å². The van der Waals surface area contributed by atoms with E-state index >= 15 is 0 Å². The van der Waals surface area contributed by atoms with Gasteiger partial charge in [0.05, 0.1) is 38.7 Å². The van der Waals surface area contributed by atoms with Crippen LogP contribution in [0.4, 0.5) is 0 Å². The summed E-state index contributed by atoms with van der Waals surface area (Å²) in [6.07, 6.45) is 5.68. The third-order valence-corrected chi connectivity index (χ3v) is 2.97. The Kier molecular flexibility index (Phi) is 9.78. The fourth-order valence-electron chi connectivity index (χ4n) is 1.86. The van der Waals surface area contributed by atoms with Gasteiger partial charge in [0.15, 0.2) is 0 Å². The van der Waals surface area contributed by atoms with Gasteiger partial charge in [-0.15, -0.1) is 0 Å². The van der Waals surface area contributed by atoms with E-state index in [0.717, 1.165) is 30.7 Å². The minimum atomic E-state index is 0.125. The second-order valence-electron chi connectivity index (χ2n) is 4.88. The molecule has 1 N–H and O–H groups in total. The van der Waals surface area contributed by atoms with Crippen molar-refractivity contribution in [3.63, 3.8) is 0 Å². The van der Waals surface area contributed by atoms with Crippen LogP contribution in [0.3, 0.4) is 0 Å². The van der Waals surface area contributed by atoms with E-state index in [1.165, 1.54) is 0 Å². The third kappa shape index (κ3) is 7.41. The van der Waals surface area contributed by atoms with E-state index in [1.54, 1.807) is 13.3 Å². The molecule has 5 heteroatoms. The first kappa shape index (κ1) is 17.9. The van der Waals surface area contributed by atoms with Crippen LogP contribution in [-0.4, -0.2) is 45.1 Å². The molecule has 1 aromatic heterocycles. The van der Waals surface area contributed by atoms with Gasteiger partial charge >= 0.3 is 0 Å². The molecule has 1 heterocycles. The van der Waals surface area contributed by atoms with Gasteiger partial charge in [0.1, 0.15) is 5.75 Å². The van der Waals surface area contributed by atoms with Crippen LogP contribution in [0.1, 0.15) is 38.3 Å². The van der Waals surface area contributed by atoms with E-state index in [4.69, 9.17) is 14.2 Å². The van der Waals surface area contributed by atoms with Crippen LogP contribution in [0.2, 0.25) is 0 Å². The maximum atomic E-state index is 5.65. The molecular weight excluding hydrogens is 268 g/mol. The van der Waals surface area contributed by atoms with E-state index in [2.05, 4.69) is 24.1 Å². The zero-order chi connectivity index (χ0) is 15.3. The summed E-state index contributed by atoms with van der Waals surface area (Å²) in [6, 6.07) is 2.16. The first-order chi connectivity index (χ1) is 10.3. The van der Waals surface area contributed by atoms with Crippen LogP contribution in [0.5, 0.6) is 5.75 Å². The smallest absolute Gasteiger partial charge is 0.137 e. The Hall–Kier alpha value is -1.17. The number of aromatic nitrogens is 1. The predicted octanol–water partition coefficient (Wildman–Crippen LogP) is 2.57. The van der Waals surface area contributed by atoms with Gasteiger partial charge in [0, 0.05) is 13.3 Å². The fraction of sp³-hybridized carbons (Fsp3) is 0.688. The molecule has 5 nitrogen and oxygen atoms in total. The van der Waals surface area contributed by atoms with Gasteiger partial charge in [0.25, 0.3) is 0 Å². The van der Waals surface area contributed by atoms with Crippen LogP contribution < -0.4 is 10.1 Å². The number of hydrogen-bond acceptors (Lipinski definition) is 5. The molecule has 0 saturated heterocycles. The highest BCUT2D eigenvalue weighted by atomic mass is 16.5. The summed E-state index contributed by atoms with van der Waals surface area (Å²) >= 11 is 0. The van der Waals surface area contributed by atoms with E-state index < -0.39 is 0 Å². The quantitative estimate of drug-likeness (QED) is 0.601. The van der Waals surface area contributed by atoms with Crippen molar-refractivity contribution in [2.75, 3.05) is 40.1 Å². The molecule has 120 valence electrons. The maximum absolute atomic E-state index is 5.65. The zero-order valence-corrected chi connectivity index (χ0v) is 13.4. The average molecular weight is 296 g/mol. The predicted molar refractivity (Wildman–Crippen MR) is 83.8 cm³/mol. The van der Waals surface area contributed by atoms with Crippen molar-refractivity contribution < 1.29 is 14.2 Å². The maximum Gasteiger partial charge on any atom is 0.137 e. The molecule has 0 saturated carbocycles. The third-order valence-electron chi connectivity index (χ3n) is 2.97. The Morgan fingerprint density at radius 2 is 2.00 bits per heavy atom. The van der Waals surface area contributed by atoms with Crippen LogP contribution in [0.25, 0.3) is 0 Å². The Labute approximate surface area is 128 Å². The number of rotatable bonds is 12. The Balaban J connectivity index is 2.62. The normalized spacial score (nSPS) is 12.3. The Morgan fingerprint density at radius 3 is 2.71 bits per heavy atom. The minimum Gasteiger partial charge on any atom is -0.492 e. The van der Waals surface area contributed by atoms with Crippen molar-refractivity contribution in [1.29, 1.82) is 0 Å². The molecule has 0 bridgehead atoms. The minimum absolute atomic E-state index is 0.125. The molecule has 0 amide bonds. The van der Waals surface area contributed by atoms with E-state index in [-0.39, 0.29) is 6.04 Å². The molecule has 0 aliphatic carbocycles. The lowest BCUT2D eigenvalue weighted by molar-refractivity contribution is 0.0585. The second kappa shape index (κ2) is 11.5. The molecule has 1 unspecified atom stereocenters. The number of pyridine rings is 1. The molecule has 0 aliphatic rings. The second-order valence-corrected chi connectivity index (χ2v) is 4.88. The van der Waals surface area contributed by atoms with Crippen molar-refractivity contribution in [3.8, 4) is 5.75 Å². The Bertz CT molecular complexity index is 374. The number of nitrogens with zero attached hydrogens (tertiary/aromatic N) is 1. The van der Waals surface area contributed by atoms with Crippen LogP contribution in [-0.2, 0) is 9.47 Å². The summed E-state index contributed by atoms with van der Waals surface area (Å²) in [6.45, 7) is 7.70. The lowest BCUT2D eigenvalue weighted by Crippen LogP contribution is -2.27. The van der Waals surface area contributed by atoms with E-state index in [1.807, 2.05) is 12.3 Å². The topological polar surface area (TPSA) is 52.6 Å². The van der Waals surface area contributed by atoms with Gasteiger partial charge in [-0.25, -0.2) is 0 Å². The van der Waals surface area contributed by atoms with Gasteiger partial charge in [-0.2, -0.15) is 0 Å². The molecule has 0 spiro atoms. The van der Waals surface area contributed by atoms with Gasteiger partial charge in [-0.1, -0.05) is 13.8 Å². The molecule has 1 rings (SSSR count). The highest BCUT2D eigenvalue weighted by Crippen LogP contribution is 2.18. The van der Waals surface area contributed by atoms with Gasteiger partial charge in [-0.05, 0) is 31.0 Å². The Morgan fingerprint density at radius 1 is 1.14 bits per heavy atom. The van der Waals surface area contributed by atoms with Crippen LogP contribution in [0.15, 0.2) is 18.5 Å². The van der Waals surface area contributed by atoms with E-state index in [0.29, 0.717) is 26.4 Å². The number of hydrogen-bond donors (Lipinski definition) is 1. The lowest BCUT2D eigenvalue weighted by Gasteiger charge is -2.19. The molecule has 0 fully saturated rings. The first-order valence-electron chi connectivity index (χ1n) is 7.69. The summed E-state index contributed by atoms with van der Waals surface area (Å²) in [7, 11) is 1.68. The monoisotopic (exact) mass is 296 g/mol. The van der Waals surface area contributed by atoms with Crippen molar-refractivity contribution in [1.82, 2.24) is 10.3 Å². The molecular formula is C16H28N2O3. The molecule has 0 radical (unpaired) electrons. The number of nitrogens with one attached hydrogen (secondary N) is 1. The summed E-state index contributed by atoms with van der Waals surface area (Å²) < 4.78 is 16.3. The van der Waals surface area contributed by atoms with Crippen molar-refractivity contribution in [3.05, 3.63) is 24.0 Å². The largest absolute Gasteiger partial charge is 0.492 e. The van der Waals surface area contributed by atoms with Crippen LogP contribution in [0, 0.1) is 0 Å². The molecule has 1 aromatic rings. The summed E-state index contributed by atoms with van der Waals surface area (Å²) in [5.74, 6) is 0.814. The first-order valence-corrected chi connectivity index (χ1v) is 7.69. The summed E-state index contributed by atoms with van der Waals surface area (Å²) in [4.78, 5) is 4.27. The van der Waals surface area contributed by atoms with Crippen molar-refractivity contribution >= 4 is 0 Å². The van der Waals surface area contributed by atoms with Gasteiger partial charge < -0.3 is 19.5 Å². The van der Waals surface area contributed by atoms with Gasteiger partial charge in [0.2, 0.25) is 0 Å². The molecule has 0 aromatic carbocycles. The highest BCUT2D eigenvalue weighted by molar-refractivity contribution is 5.26. The standard InChI is InChI=1S/C16H28N2O3/c1-4-6-18-16(13-20-9-8-19-3)14-10-15(12-17-11-14)21-7-5-2/h10-12,16,18H,4-9,13H2,1-3H3. The fourth-order valence-corrected chi connectivity index (χ4v) is 1.86. The van der Waals surface area contributed by atoms with Gasteiger partial charge in [-0.3, -0.25) is 4.98 Å². The van der Waals surface area contributed by atoms with Crippen molar-refractivity contribution in [2.45, 2.75) is 32.7 Å². The average Bonchev–Trinajstić information content (AvgIpc) is 2.52. The molecule has 21 heavy (non-hydrogen) atoms.